The average Bonchev–Trinajstić information content (AvgIpc) is 2.62. The van der Waals surface area contributed by atoms with Crippen LogP contribution in [-0.2, 0) is 0 Å². The van der Waals surface area contributed by atoms with Crippen LogP contribution < -0.4 is 9.64 Å². The number of hydrogen-bond donors (Lipinski definition) is 0. The first-order chi connectivity index (χ1) is 11.6. The molecule has 1 fully saturated rings. The van der Waals surface area contributed by atoms with Crippen molar-refractivity contribution in [3.63, 3.8) is 0 Å². The van der Waals surface area contributed by atoms with Gasteiger partial charge in [0.1, 0.15) is 11.6 Å². The molecule has 1 amide bonds. The van der Waals surface area contributed by atoms with E-state index in [4.69, 9.17) is 4.74 Å². The Kier molecular flexibility index (Phi) is 4.93. The van der Waals surface area contributed by atoms with Crippen molar-refractivity contribution in [2.45, 2.75) is 20.0 Å². The van der Waals surface area contributed by atoms with Gasteiger partial charge in [-0.25, -0.2) is 4.98 Å². The van der Waals surface area contributed by atoms with Gasteiger partial charge in [0.25, 0.3) is 5.91 Å². The molecule has 2 aromatic rings. The van der Waals surface area contributed by atoms with E-state index in [1.807, 2.05) is 43.0 Å². The van der Waals surface area contributed by atoms with Gasteiger partial charge in [-0.1, -0.05) is 0 Å². The van der Waals surface area contributed by atoms with Crippen molar-refractivity contribution in [3.05, 3.63) is 48.4 Å². The maximum Gasteiger partial charge on any atom is 0.253 e. The summed E-state index contributed by atoms with van der Waals surface area (Å²) in [6.45, 7) is 6.85. The van der Waals surface area contributed by atoms with Crippen LogP contribution >= 0.6 is 0 Å². The Morgan fingerprint density at radius 1 is 1.08 bits per heavy atom. The van der Waals surface area contributed by atoms with Gasteiger partial charge in [-0.3, -0.25) is 9.78 Å². The molecule has 0 spiro atoms. The molecule has 0 radical (unpaired) electrons. The van der Waals surface area contributed by atoms with Crippen LogP contribution in [0.5, 0.6) is 5.75 Å². The van der Waals surface area contributed by atoms with Crippen molar-refractivity contribution >= 4 is 11.7 Å². The zero-order valence-electron chi connectivity index (χ0n) is 14.1. The lowest BCUT2D eigenvalue weighted by atomic mass is 10.1. The van der Waals surface area contributed by atoms with Crippen molar-refractivity contribution in [1.82, 2.24) is 14.9 Å². The SMILES string of the molecule is CC(C)Oc1ccc(C(=O)N2CCN(c3cnccn3)CC2)cc1. The maximum absolute atomic E-state index is 12.6. The molecule has 1 saturated heterocycles. The number of piperazine rings is 1. The summed E-state index contributed by atoms with van der Waals surface area (Å²) in [6.07, 6.45) is 5.23. The first kappa shape index (κ1) is 16.2. The van der Waals surface area contributed by atoms with E-state index in [9.17, 15) is 4.79 Å². The highest BCUT2D eigenvalue weighted by Crippen LogP contribution is 2.17. The van der Waals surface area contributed by atoms with Crippen LogP contribution in [0.1, 0.15) is 24.2 Å². The topological polar surface area (TPSA) is 58.6 Å². The van der Waals surface area contributed by atoms with E-state index in [1.165, 1.54) is 0 Å². The lowest BCUT2D eigenvalue weighted by molar-refractivity contribution is 0.0746. The summed E-state index contributed by atoms with van der Waals surface area (Å²) in [6, 6.07) is 7.36. The normalized spacial score (nSPS) is 14.8. The number of aromatic nitrogens is 2. The zero-order chi connectivity index (χ0) is 16.9. The molecule has 0 unspecified atom stereocenters. The average molecular weight is 326 g/mol. The van der Waals surface area contributed by atoms with Gasteiger partial charge in [0.05, 0.1) is 12.3 Å². The zero-order valence-corrected chi connectivity index (χ0v) is 14.1. The summed E-state index contributed by atoms with van der Waals surface area (Å²) in [5.74, 6) is 1.71. The first-order valence-electron chi connectivity index (χ1n) is 8.20. The van der Waals surface area contributed by atoms with Gasteiger partial charge in [0.2, 0.25) is 0 Å². The molecule has 6 heteroatoms. The van der Waals surface area contributed by atoms with Crippen molar-refractivity contribution in [2.24, 2.45) is 0 Å². The molecule has 3 rings (SSSR count). The lowest BCUT2D eigenvalue weighted by Crippen LogP contribution is -2.49. The van der Waals surface area contributed by atoms with Gasteiger partial charge >= 0.3 is 0 Å². The second-order valence-electron chi connectivity index (χ2n) is 6.03. The Labute approximate surface area is 142 Å². The number of anilines is 1. The van der Waals surface area contributed by atoms with Crippen LogP contribution in [0.3, 0.4) is 0 Å². The minimum atomic E-state index is 0.0601. The highest BCUT2D eigenvalue weighted by Gasteiger charge is 2.22. The van der Waals surface area contributed by atoms with Gasteiger partial charge in [0.15, 0.2) is 0 Å². The van der Waals surface area contributed by atoms with Gasteiger partial charge in [-0.15, -0.1) is 0 Å². The number of ether oxygens (including phenoxy) is 1. The molecular formula is C18H22N4O2. The maximum atomic E-state index is 12.6. The number of benzene rings is 1. The van der Waals surface area contributed by atoms with Crippen LogP contribution in [0.4, 0.5) is 5.82 Å². The molecular weight excluding hydrogens is 304 g/mol. The molecule has 0 aliphatic carbocycles. The molecule has 1 aliphatic heterocycles. The molecule has 6 nitrogen and oxygen atoms in total. The van der Waals surface area contributed by atoms with Gasteiger partial charge in [-0.05, 0) is 38.1 Å². The fraction of sp³-hybridized carbons (Fsp3) is 0.389. The number of nitrogens with zero attached hydrogens (tertiary/aromatic N) is 4. The summed E-state index contributed by atoms with van der Waals surface area (Å²) in [5.41, 5.74) is 0.694. The fourth-order valence-electron chi connectivity index (χ4n) is 2.72. The third-order valence-electron chi connectivity index (χ3n) is 3.91. The Balaban J connectivity index is 1.59. The Hall–Kier alpha value is -2.63. The van der Waals surface area contributed by atoms with E-state index in [0.29, 0.717) is 18.7 Å². The van der Waals surface area contributed by atoms with E-state index < -0.39 is 0 Å². The Morgan fingerprint density at radius 3 is 2.38 bits per heavy atom. The van der Waals surface area contributed by atoms with E-state index in [1.54, 1.807) is 18.6 Å². The lowest BCUT2D eigenvalue weighted by Gasteiger charge is -2.35. The fourth-order valence-corrected chi connectivity index (χ4v) is 2.72. The summed E-state index contributed by atoms with van der Waals surface area (Å²) in [4.78, 5) is 25.0. The molecule has 1 aliphatic rings. The minimum Gasteiger partial charge on any atom is -0.491 e. The third-order valence-corrected chi connectivity index (χ3v) is 3.91. The predicted molar refractivity (Wildman–Crippen MR) is 92.4 cm³/mol. The van der Waals surface area contributed by atoms with Crippen LogP contribution in [0.2, 0.25) is 0 Å². The number of carbonyl (C=O) groups excluding carboxylic acids is 1. The van der Waals surface area contributed by atoms with Gasteiger partial charge in [-0.2, -0.15) is 0 Å². The highest BCUT2D eigenvalue weighted by atomic mass is 16.5. The van der Waals surface area contributed by atoms with Crippen molar-refractivity contribution in [3.8, 4) is 5.75 Å². The summed E-state index contributed by atoms with van der Waals surface area (Å²) < 4.78 is 5.61. The quantitative estimate of drug-likeness (QED) is 0.862. The molecule has 24 heavy (non-hydrogen) atoms. The number of hydrogen-bond acceptors (Lipinski definition) is 5. The second-order valence-corrected chi connectivity index (χ2v) is 6.03. The first-order valence-corrected chi connectivity index (χ1v) is 8.20. The van der Waals surface area contributed by atoms with Gasteiger partial charge < -0.3 is 14.5 Å². The van der Waals surface area contributed by atoms with E-state index in [2.05, 4.69) is 14.9 Å². The molecule has 1 aromatic heterocycles. The smallest absolute Gasteiger partial charge is 0.253 e. The highest BCUT2D eigenvalue weighted by molar-refractivity contribution is 5.94. The van der Waals surface area contributed by atoms with Crippen LogP contribution in [0, 0.1) is 0 Å². The number of rotatable bonds is 4. The number of carbonyl (C=O) groups is 1. The second kappa shape index (κ2) is 7.29. The van der Waals surface area contributed by atoms with E-state index >= 15 is 0 Å². The summed E-state index contributed by atoms with van der Waals surface area (Å²) in [5, 5.41) is 0. The third kappa shape index (κ3) is 3.82. The van der Waals surface area contributed by atoms with Crippen molar-refractivity contribution in [2.75, 3.05) is 31.1 Å². The molecule has 126 valence electrons. The van der Waals surface area contributed by atoms with Crippen LogP contribution in [-0.4, -0.2) is 53.1 Å². The molecule has 0 bridgehead atoms. The molecule has 0 N–H and O–H groups in total. The summed E-state index contributed by atoms with van der Waals surface area (Å²) >= 11 is 0. The van der Waals surface area contributed by atoms with Crippen LogP contribution in [0.25, 0.3) is 0 Å². The summed E-state index contributed by atoms with van der Waals surface area (Å²) in [7, 11) is 0. The molecule has 2 heterocycles. The van der Waals surface area contributed by atoms with Crippen molar-refractivity contribution in [1.29, 1.82) is 0 Å². The van der Waals surface area contributed by atoms with Crippen LogP contribution in [0.15, 0.2) is 42.9 Å². The van der Waals surface area contributed by atoms with Crippen molar-refractivity contribution < 1.29 is 9.53 Å². The Morgan fingerprint density at radius 2 is 1.79 bits per heavy atom. The molecule has 0 atom stereocenters. The Bertz CT molecular complexity index is 665. The monoisotopic (exact) mass is 326 g/mol. The number of amides is 1. The van der Waals surface area contributed by atoms with Gasteiger partial charge in [0, 0.05) is 44.1 Å². The standard InChI is InChI=1S/C18H22N4O2/c1-14(2)24-16-5-3-15(4-6-16)18(23)22-11-9-21(10-12-22)17-13-19-7-8-20-17/h3-8,13-14H,9-12H2,1-2H3. The largest absolute Gasteiger partial charge is 0.491 e. The van der Waals surface area contributed by atoms with E-state index in [-0.39, 0.29) is 12.0 Å². The predicted octanol–water partition coefficient (Wildman–Crippen LogP) is 2.23. The van der Waals surface area contributed by atoms with E-state index in [0.717, 1.165) is 24.7 Å². The minimum absolute atomic E-state index is 0.0601. The molecule has 0 saturated carbocycles. The molecule has 1 aromatic carbocycles.